The van der Waals surface area contributed by atoms with Gasteiger partial charge in [-0.3, -0.25) is 4.79 Å². The van der Waals surface area contributed by atoms with Crippen LogP contribution < -0.4 is 4.74 Å². The summed E-state index contributed by atoms with van der Waals surface area (Å²) in [6.45, 7) is 0. The van der Waals surface area contributed by atoms with Gasteiger partial charge in [-0.1, -0.05) is 25.0 Å². The number of ketones is 1. The van der Waals surface area contributed by atoms with Crippen LogP contribution in [0.5, 0.6) is 5.75 Å². The average Bonchev–Trinajstić information content (AvgIpc) is 3.16. The molecule has 0 unspecified atom stereocenters. The number of Topliss-reactive ketones (excluding diaryl/α,β-unsaturated/α-hetero) is 1. The van der Waals surface area contributed by atoms with Crippen molar-refractivity contribution in [1.82, 2.24) is 0 Å². The Morgan fingerprint density at radius 3 is 2.82 bits per heavy atom. The molecule has 0 saturated heterocycles. The molecule has 17 heavy (non-hydrogen) atoms. The average molecular weight is 230 g/mol. The predicted molar refractivity (Wildman–Crippen MR) is 66.4 cm³/mol. The summed E-state index contributed by atoms with van der Waals surface area (Å²) in [5, 5.41) is 0. The Bertz CT molecular complexity index is 432. The number of aryl methyl sites for hydroxylation is 1. The quantitative estimate of drug-likeness (QED) is 0.797. The van der Waals surface area contributed by atoms with Crippen LogP contribution in [0.1, 0.15) is 42.7 Å². The van der Waals surface area contributed by atoms with Crippen molar-refractivity contribution >= 4 is 5.78 Å². The van der Waals surface area contributed by atoms with Crippen molar-refractivity contribution in [3.8, 4) is 5.75 Å². The second-order valence-electron chi connectivity index (χ2n) is 5.23. The Morgan fingerprint density at radius 2 is 2.12 bits per heavy atom. The molecule has 2 heteroatoms. The highest BCUT2D eigenvalue weighted by Crippen LogP contribution is 2.44. The molecule has 2 aliphatic carbocycles. The first-order chi connectivity index (χ1) is 8.29. The molecule has 1 atom stereocenters. The summed E-state index contributed by atoms with van der Waals surface area (Å²) in [7, 11) is 1.70. The second kappa shape index (κ2) is 4.17. The number of benzene rings is 1. The van der Waals surface area contributed by atoms with E-state index in [1.165, 1.54) is 24.0 Å². The number of fused-ring (bicyclic) bond motifs is 1. The lowest BCUT2D eigenvalue weighted by Gasteiger charge is -2.26. The number of methoxy groups -OCH3 is 1. The first-order valence-electron chi connectivity index (χ1n) is 6.48. The Hall–Kier alpha value is -1.31. The standard InChI is InChI=1S/C15H18O2/c1-17-14-4-2-3-11-7-8-13(16)12(15(11)14)9-10-5-6-10/h2-4,10,12H,5-9H2,1H3/t12-/m0/s1. The van der Waals surface area contributed by atoms with Crippen LogP contribution in [0.4, 0.5) is 0 Å². The lowest BCUT2D eigenvalue weighted by atomic mass is 9.78. The third kappa shape index (κ3) is 1.97. The molecule has 2 nitrogen and oxygen atoms in total. The molecule has 0 aromatic heterocycles. The number of carbonyl (C=O) groups excluding carboxylic acids is 1. The molecular weight excluding hydrogens is 212 g/mol. The van der Waals surface area contributed by atoms with Crippen LogP contribution in [0.3, 0.4) is 0 Å². The summed E-state index contributed by atoms with van der Waals surface area (Å²) in [6, 6.07) is 6.16. The summed E-state index contributed by atoms with van der Waals surface area (Å²) in [5.74, 6) is 2.19. The first kappa shape index (κ1) is 10.8. The van der Waals surface area contributed by atoms with Crippen molar-refractivity contribution in [2.75, 3.05) is 7.11 Å². The molecule has 1 aromatic carbocycles. The molecule has 0 N–H and O–H groups in total. The molecule has 1 aromatic rings. The van der Waals surface area contributed by atoms with Gasteiger partial charge in [0.1, 0.15) is 11.5 Å². The van der Waals surface area contributed by atoms with E-state index in [-0.39, 0.29) is 5.92 Å². The van der Waals surface area contributed by atoms with Gasteiger partial charge in [0, 0.05) is 17.9 Å². The maximum atomic E-state index is 12.1. The van der Waals surface area contributed by atoms with E-state index >= 15 is 0 Å². The van der Waals surface area contributed by atoms with E-state index in [0.717, 1.165) is 24.5 Å². The Balaban J connectivity index is 2.01. The minimum Gasteiger partial charge on any atom is -0.496 e. The van der Waals surface area contributed by atoms with Crippen molar-refractivity contribution in [3.05, 3.63) is 29.3 Å². The molecule has 0 aliphatic heterocycles. The van der Waals surface area contributed by atoms with Crippen molar-refractivity contribution in [3.63, 3.8) is 0 Å². The number of rotatable bonds is 3. The fraction of sp³-hybridized carbons (Fsp3) is 0.533. The Labute approximate surface area is 102 Å². The third-order valence-corrected chi connectivity index (χ3v) is 4.02. The number of ether oxygens (including phenoxy) is 1. The monoisotopic (exact) mass is 230 g/mol. The van der Waals surface area contributed by atoms with Crippen molar-refractivity contribution in [1.29, 1.82) is 0 Å². The van der Waals surface area contributed by atoms with Crippen molar-refractivity contribution in [2.45, 2.75) is 38.0 Å². The lowest BCUT2D eigenvalue weighted by molar-refractivity contribution is -0.121. The van der Waals surface area contributed by atoms with Gasteiger partial charge in [-0.25, -0.2) is 0 Å². The number of hydrogen-bond acceptors (Lipinski definition) is 2. The zero-order valence-corrected chi connectivity index (χ0v) is 10.2. The molecule has 0 bridgehead atoms. The maximum absolute atomic E-state index is 12.1. The highest BCUT2D eigenvalue weighted by Gasteiger charge is 2.35. The maximum Gasteiger partial charge on any atom is 0.140 e. The fourth-order valence-corrected chi connectivity index (χ4v) is 2.91. The van der Waals surface area contributed by atoms with E-state index in [1.807, 2.05) is 12.1 Å². The van der Waals surface area contributed by atoms with Gasteiger partial charge in [-0.2, -0.15) is 0 Å². The van der Waals surface area contributed by atoms with E-state index in [2.05, 4.69) is 6.07 Å². The molecule has 1 fully saturated rings. The summed E-state index contributed by atoms with van der Waals surface area (Å²) in [4.78, 5) is 12.1. The Kier molecular flexibility index (Phi) is 2.65. The van der Waals surface area contributed by atoms with Crippen molar-refractivity contribution < 1.29 is 9.53 Å². The first-order valence-corrected chi connectivity index (χ1v) is 6.48. The van der Waals surface area contributed by atoms with Gasteiger partial charge in [0.25, 0.3) is 0 Å². The summed E-state index contributed by atoms with van der Waals surface area (Å²) >= 11 is 0. The van der Waals surface area contributed by atoms with Gasteiger partial charge in [0.2, 0.25) is 0 Å². The highest BCUT2D eigenvalue weighted by molar-refractivity contribution is 5.89. The molecule has 2 aliphatic rings. The van der Waals surface area contributed by atoms with Crippen LogP contribution >= 0.6 is 0 Å². The van der Waals surface area contributed by atoms with Crippen LogP contribution in [-0.4, -0.2) is 12.9 Å². The smallest absolute Gasteiger partial charge is 0.140 e. The van der Waals surface area contributed by atoms with Crippen LogP contribution in [0.2, 0.25) is 0 Å². The van der Waals surface area contributed by atoms with E-state index in [0.29, 0.717) is 12.2 Å². The van der Waals surface area contributed by atoms with E-state index in [4.69, 9.17) is 4.74 Å². The molecule has 3 rings (SSSR count). The van der Waals surface area contributed by atoms with Gasteiger partial charge < -0.3 is 4.74 Å². The van der Waals surface area contributed by atoms with Gasteiger partial charge in [-0.05, 0) is 30.4 Å². The van der Waals surface area contributed by atoms with Crippen LogP contribution in [0.25, 0.3) is 0 Å². The molecule has 0 amide bonds. The second-order valence-corrected chi connectivity index (χ2v) is 5.23. The topological polar surface area (TPSA) is 26.3 Å². The summed E-state index contributed by atoms with van der Waals surface area (Å²) in [6.07, 6.45) is 5.22. The minimum atomic E-state index is 0.0994. The summed E-state index contributed by atoms with van der Waals surface area (Å²) in [5.41, 5.74) is 2.49. The Morgan fingerprint density at radius 1 is 1.29 bits per heavy atom. The molecule has 90 valence electrons. The molecule has 0 spiro atoms. The zero-order valence-electron chi connectivity index (χ0n) is 10.2. The van der Waals surface area contributed by atoms with Gasteiger partial charge in [0.15, 0.2) is 0 Å². The van der Waals surface area contributed by atoms with Gasteiger partial charge >= 0.3 is 0 Å². The van der Waals surface area contributed by atoms with Crippen molar-refractivity contribution in [2.24, 2.45) is 5.92 Å². The van der Waals surface area contributed by atoms with Crippen LogP contribution in [0, 0.1) is 5.92 Å². The number of hydrogen-bond donors (Lipinski definition) is 0. The van der Waals surface area contributed by atoms with Crippen LogP contribution in [0.15, 0.2) is 18.2 Å². The van der Waals surface area contributed by atoms with E-state index in [9.17, 15) is 4.79 Å². The molecule has 1 saturated carbocycles. The normalized spacial score (nSPS) is 23.4. The lowest BCUT2D eigenvalue weighted by Crippen LogP contribution is -2.21. The fourth-order valence-electron chi connectivity index (χ4n) is 2.91. The largest absolute Gasteiger partial charge is 0.496 e. The predicted octanol–water partition coefficient (Wildman–Crippen LogP) is 3.09. The SMILES string of the molecule is COc1cccc2c1[C@@H](CC1CC1)C(=O)CC2. The third-order valence-electron chi connectivity index (χ3n) is 4.02. The number of carbonyl (C=O) groups is 1. The van der Waals surface area contributed by atoms with Gasteiger partial charge in [-0.15, -0.1) is 0 Å². The van der Waals surface area contributed by atoms with E-state index in [1.54, 1.807) is 7.11 Å². The van der Waals surface area contributed by atoms with E-state index < -0.39 is 0 Å². The van der Waals surface area contributed by atoms with Crippen LogP contribution in [-0.2, 0) is 11.2 Å². The molecule has 0 radical (unpaired) electrons. The molecule has 0 heterocycles. The zero-order chi connectivity index (χ0) is 11.8. The molecular formula is C15H18O2. The minimum absolute atomic E-state index is 0.0994. The summed E-state index contributed by atoms with van der Waals surface area (Å²) < 4.78 is 5.44. The van der Waals surface area contributed by atoms with Gasteiger partial charge in [0.05, 0.1) is 7.11 Å². The highest BCUT2D eigenvalue weighted by atomic mass is 16.5.